The smallest absolute Gasteiger partial charge is 0.225 e. The summed E-state index contributed by atoms with van der Waals surface area (Å²) in [5.41, 5.74) is 2.41. The highest BCUT2D eigenvalue weighted by atomic mass is 32.2. The lowest BCUT2D eigenvalue weighted by molar-refractivity contribution is 0.326. The molecule has 32 heavy (non-hydrogen) atoms. The molecule has 5 nitrogen and oxygen atoms in total. The average molecular weight is 450 g/mol. The Balaban J connectivity index is 1.17. The number of anilines is 2. The van der Waals surface area contributed by atoms with Gasteiger partial charge in [-0.05, 0) is 55.8 Å². The minimum absolute atomic E-state index is 0.462. The number of rotatable bonds is 10. The summed E-state index contributed by atoms with van der Waals surface area (Å²) in [6.45, 7) is 2.23. The molecule has 170 valence electrons. The minimum atomic E-state index is 0.462. The highest BCUT2D eigenvalue weighted by Crippen LogP contribution is 2.28. The zero-order chi connectivity index (χ0) is 22.2. The number of hydrogen-bond donors (Lipinski definition) is 2. The van der Waals surface area contributed by atoms with Gasteiger partial charge in [0.1, 0.15) is 5.82 Å². The van der Waals surface area contributed by atoms with Crippen molar-refractivity contribution in [2.24, 2.45) is 5.92 Å². The van der Waals surface area contributed by atoms with Crippen LogP contribution < -0.4 is 15.5 Å². The molecule has 6 heteroatoms. The molecule has 0 aliphatic heterocycles. The summed E-state index contributed by atoms with van der Waals surface area (Å²) in [4.78, 5) is 11.6. The van der Waals surface area contributed by atoms with E-state index in [4.69, 9.17) is 9.97 Å². The van der Waals surface area contributed by atoms with Crippen LogP contribution in [0, 0.1) is 5.92 Å². The zero-order valence-corrected chi connectivity index (χ0v) is 20.1. The maximum Gasteiger partial charge on any atom is 0.225 e. The van der Waals surface area contributed by atoms with Crippen LogP contribution in [-0.4, -0.2) is 48.9 Å². The molecule has 1 heterocycles. The van der Waals surface area contributed by atoms with E-state index < -0.39 is 0 Å². The first-order chi connectivity index (χ1) is 15.7. The molecule has 0 radical (unpaired) electrons. The quantitative estimate of drug-likeness (QED) is 0.416. The lowest BCUT2D eigenvalue weighted by atomic mass is 9.86. The van der Waals surface area contributed by atoms with Gasteiger partial charge in [0.05, 0.1) is 5.52 Å². The van der Waals surface area contributed by atoms with E-state index in [2.05, 4.69) is 58.0 Å². The topological polar surface area (TPSA) is 53.1 Å². The number of thioether (sulfide) groups is 1. The first-order valence-electron chi connectivity index (χ1n) is 11.7. The Hall–Kier alpha value is -2.31. The van der Waals surface area contributed by atoms with Gasteiger partial charge >= 0.3 is 0 Å². The molecular formula is C26H35N5S. The Morgan fingerprint density at radius 1 is 0.938 bits per heavy atom. The second kappa shape index (κ2) is 11.5. The lowest BCUT2D eigenvalue weighted by Gasteiger charge is -2.29. The van der Waals surface area contributed by atoms with Crippen molar-refractivity contribution in [2.75, 3.05) is 43.2 Å². The predicted octanol–water partition coefficient (Wildman–Crippen LogP) is 5.19. The van der Waals surface area contributed by atoms with E-state index in [0.29, 0.717) is 6.04 Å². The van der Waals surface area contributed by atoms with Crippen LogP contribution in [0.4, 0.5) is 11.8 Å². The molecule has 0 saturated heterocycles. The molecule has 1 aliphatic rings. The zero-order valence-electron chi connectivity index (χ0n) is 19.3. The van der Waals surface area contributed by atoms with E-state index in [1.165, 1.54) is 37.0 Å². The summed E-state index contributed by atoms with van der Waals surface area (Å²) >= 11 is 2.01. The van der Waals surface area contributed by atoms with Gasteiger partial charge in [0.2, 0.25) is 5.95 Å². The third kappa shape index (κ3) is 6.36. The van der Waals surface area contributed by atoms with Gasteiger partial charge in [-0.3, -0.25) is 0 Å². The van der Waals surface area contributed by atoms with Crippen molar-refractivity contribution in [3.05, 3.63) is 60.2 Å². The van der Waals surface area contributed by atoms with Gasteiger partial charge in [-0.25, -0.2) is 4.98 Å². The second-order valence-electron chi connectivity index (χ2n) is 8.89. The molecule has 1 saturated carbocycles. The van der Waals surface area contributed by atoms with Crippen molar-refractivity contribution in [1.82, 2.24) is 15.3 Å². The van der Waals surface area contributed by atoms with E-state index in [-0.39, 0.29) is 0 Å². The number of hydrogen-bond acceptors (Lipinski definition) is 6. The molecule has 3 aromatic rings. The molecule has 0 bridgehead atoms. The molecule has 1 aliphatic carbocycles. The molecule has 0 amide bonds. The Kier molecular flexibility index (Phi) is 8.24. The maximum absolute atomic E-state index is 4.80. The van der Waals surface area contributed by atoms with Crippen LogP contribution in [0.15, 0.2) is 54.6 Å². The Morgan fingerprint density at radius 2 is 1.69 bits per heavy atom. The van der Waals surface area contributed by atoms with E-state index in [9.17, 15) is 0 Å². The Bertz CT molecular complexity index is 970. The van der Waals surface area contributed by atoms with Crippen molar-refractivity contribution < 1.29 is 0 Å². The number of benzene rings is 2. The van der Waals surface area contributed by atoms with E-state index in [1.807, 2.05) is 38.0 Å². The molecule has 0 unspecified atom stereocenters. The fraction of sp³-hybridized carbons (Fsp3) is 0.462. The second-order valence-corrected chi connectivity index (χ2v) is 9.99. The van der Waals surface area contributed by atoms with Gasteiger partial charge < -0.3 is 15.5 Å². The fourth-order valence-corrected chi connectivity index (χ4v) is 5.23. The van der Waals surface area contributed by atoms with Gasteiger partial charge in [-0.1, -0.05) is 42.5 Å². The summed E-state index contributed by atoms with van der Waals surface area (Å²) in [5, 5.41) is 8.39. The van der Waals surface area contributed by atoms with Gasteiger partial charge in [0.15, 0.2) is 0 Å². The summed E-state index contributed by atoms with van der Waals surface area (Å²) in [6, 6.07) is 19.4. The molecule has 2 N–H and O–H groups in total. The van der Waals surface area contributed by atoms with Crippen LogP contribution in [-0.2, 0) is 5.75 Å². The maximum atomic E-state index is 4.80. The SMILES string of the molecule is CN(C)c1nc(N[C@H]2CC[C@@H](CNCCSCc3ccccc3)CC2)nc2ccccc12. The Labute approximate surface area is 196 Å². The minimum Gasteiger partial charge on any atom is -0.362 e. The normalized spacial score (nSPS) is 18.6. The van der Waals surface area contributed by atoms with Crippen LogP contribution in [0.1, 0.15) is 31.2 Å². The first-order valence-corrected chi connectivity index (χ1v) is 12.9. The van der Waals surface area contributed by atoms with Crippen molar-refractivity contribution in [1.29, 1.82) is 0 Å². The molecule has 4 rings (SSSR count). The van der Waals surface area contributed by atoms with Gasteiger partial charge in [-0.15, -0.1) is 0 Å². The van der Waals surface area contributed by atoms with Crippen LogP contribution in [0.3, 0.4) is 0 Å². The highest BCUT2D eigenvalue weighted by Gasteiger charge is 2.22. The monoisotopic (exact) mass is 449 g/mol. The largest absolute Gasteiger partial charge is 0.362 e. The summed E-state index contributed by atoms with van der Waals surface area (Å²) in [6.07, 6.45) is 4.89. The molecule has 1 fully saturated rings. The molecule has 1 aromatic heterocycles. The van der Waals surface area contributed by atoms with Crippen LogP contribution in [0.2, 0.25) is 0 Å². The van der Waals surface area contributed by atoms with Crippen molar-refractivity contribution in [3.63, 3.8) is 0 Å². The number of aromatic nitrogens is 2. The predicted molar refractivity (Wildman–Crippen MR) is 139 cm³/mol. The highest BCUT2D eigenvalue weighted by molar-refractivity contribution is 7.98. The third-order valence-corrected chi connectivity index (χ3v) is 7.18. The van der Waals surface area contributed by atoms with E-state index >= 15 is 0 Å². The molecule has 2 aromatic carbocycles. The first kappa shape index (κ1) is 22.9. The number of fused-ring (bicyclic) bond motifs is 1. The van der Waals surface area contributed by atoms with Gasteiger partial charge in [-0.2, -0.15) is 16.7 Å². The number of nitrogens with one attached hydrogen (secondary N) is 2. The molecule has 0 spiro atoms. The Morgan fingerprint density at radius 3 is 2.47 bits per heavy atom. The summed E-state index contributed by atoms with van der Waals surface area (Å²) < 4.78 is 0. The molecular weight excluding hydrogens is 414 g/mol. The van der Waals surface area contributed by atoms with Gasteiger partial charge in [0, 0.05) is 43.6 Å². The summed E-state index contributed by atoms with van der Waals surface area (Å²) in [7, 11) is 4.08. The van der Waals surface area contributed by atoms with E-state index in [1.54, 1.807) is 0 Å². The fourth-order valence-electron chi connectivity index (χ4n) is 4.37. The van der Waals surface area contributed by atoms with Crippen molar-refractivity contribution in [2.45, 2.75) is 37.5 Å². The van der Waals surface area contributed by atoms with Crippen LogP contribution in [0.25, 0.3) is 10.9 Å². The third-order valence-electron chi connectivity index (χ3n) is 6.15. The number of para-hydroxylation sites is 1. The van der Waals surface area contributed by atoms with Crippen molar-refractivity contribution >= 4 is 34.4 Å². The van der Waals surface area contributed by atoms with E-state index in [0.717, 1.165) is 47.4 Å². The summed E-state index contributed by atoms with van der Waals surface area (Å²) in [5.74, 6) is 4.78. The molecule has 0 atom stereocenters. The van der Waals surface area contributed by atoms with Gasteiger partial charge in [0.25, 0.3) is 0 Å². The van der Waals surface area contributed by atoms with Crippen molar-refractivity contribution in [3.8, 4) is 0 Å². The van der Waals surface area contributed by atoms with Crippen LogP contribution in [0.5, 0.6) is 0 Å². The lowest BCUT2D eigenvalue weighted by Crippen LogP contribution is -2.32. The number of nitrogens with zero attached hydrogens (tertiary/aromatic N) is 3. The van der Waals surface area contributed by atoms with Crippen LogP contribution >= 0.6 is 11.8 Å². The average Bonchev–Trinajstić information content (AvgIpc) is 2.82. The standard InChI is InChI=1S/C26H35N5S/c1-31(2)25-23-10-6-7-11-24(23)29-26(30-25)28-22-14-12-20(13-15-22)18-27-16-17-32-19-21-8-4-3-5-9-21/h3-11,20,22,27H,12-19H2,1-2H3,(H,28,29,30)/t20-,22+.